The van der Waals surface area contributed by atoms with Gasteiger partial charge < -0.3 is 14.6 Å². The molecule has 19 heavy (non-hydrogen) atoms. The number of aryl methyl sites for hydroxylation is 1. The van der Waals surface area contributed by atoms with Crippen LogP contribution in [0.1, 0.15) is 35.2 Å². The van der Waals surface area contributed by atoms with Crippen LogP contribution in [0.5, 0.6) is 0 Å². The van der Waals surface area contributed by atoms with Crippen molar-refractivity contribution in [1.82, 2.24) is 9.88 Å². The molecule has 5 nitrogen and oxygen atoms in total. The number of ether oxygens (including phenoxy) is 1. The van der Waals surface area contributed by atoms with Crippen molar-refractivity contribution in [3.8, 4) is 0 Å². The van der Waals surface area contributed by atoms with Crippen LogP contribution in [0.4, 0.5) is 0 Å². The number of nitrogens with one attached hydrogen (secondary N) is 1. The maximum atomic E-state index is 11.7. The number of Topliss-reactive ketones (excluding diaryl/α,β-unsaturated/α-hetero) is 1. The second kappa shape index (κ2) is 6.52. The molecule has 1 heterocycles. The highest BCUT2D eigenvalue weighted by molar-refractivity contribution is 5.98. The lowest BCUT2D eigenvalue weighted by molar-refractivity contribution is -0.121. The Morgan fingerprint density at radius 2 is 2.26 bits per heavy atom. The number of aromatic nitrogens is 1. The zero-order valence-electron chi connectivity index (χ0n) is 11.3. The van der Waals surface area contributed by atoms with E-state index in [0.717, 1.165) is 30.4 Å². The van der Waals surface area contributed by atoms with Crippen molar-refractivity contribution in [3.05, 3.63) is 23.5 Å². The summed E-state index contributed by atoms with van der Waals surface area (Å²) in [6.07, 6.45) is 7.00. The minimum Gasteiger partial charge on any atom is -0.385 e. The number of carbonyl (C=O) groups excluding carboxylic acids is 2. The fraction of sp³-hybridized carbons (Fsp3) is 0.571. The summed E-state index contributed by atoms with van der Waals surface area (Å²) in [6, 6.07) is 0. The van der Waals surface area contributed by atoms with Crippen LogP contribution >= 0.6 is 0 Å². The van der Waals surface area contributed by atoms with E-state index in [0.29, 0.717) is 19.6 Å². The zero-order valence-corrected chi connectivity index (χ0v) is 11.3. The second-order valence-corrected chi connectivity index (χ2v) is 4.84. The van der Waals surface area contributed by atoms with Crippen LogP contribution in [0.3, 0.4) is 0 Å². The van der Waals surface area contributed by atoms with Gasteiger partial charge in [-0.3, -0.25) is 9.59 Å². The molecular formula is C14H20N2O3. The molecule has 5 heteroatoms. The number of amides is 1. The molecule has 1 aliphatic carbocycles. The van der Waals surface area contributed by atoms with E-state index >= 15 is 0 Å². The third-order valence-corrected chi connectivity index (χ3v) is 3.29. The molecular weight excluding hydrogens is 244 g/mol. The first-order valence-corrected chi connectivity index (χ1v) is 6.68. The monoisotopic (exact) mass is 264 g/mol. The molecule has 1 N–H and O–H groups in total. The Morgan fingerprint density at radius 3 is 3.00 bits per heavy atom. The van der Waals surface area contributed by atoms with Gasteiger partial charge in [0.25, 0.3) is 0 Å². The van der Waals surface area contributed by atoms with Gasteiger partial charge in [0, 0.05) is 44.6 Å². The first-order valence-electron chi connectivity index (χ1n) is 6.68. The highest BCUT2D eigenvalue weighted by atomic mass is 16.5. The van der Waals surface area contributed by atoms with Gasteiger partial charge in [0.15, 0.2) is 5.78 Å². The summed E-state index contributed by atoms with van der Waals surface area (Å²) >= 11 is 0. The van der Waals surface area contributed by atoms with Gasteiger partial charge in [0.1, 0.15) is 6.54 Å². The van der Waals surface area contributed by atoms with E-state index in [1.165, 1.54) is 0 Å². The van der Waals surface area contributed by atoms with E-state index in [9.17, 15) is 9.59 Å². The molecule has 0 radical (unpaired) electrons. The fourth-order valence-corrected chi connectivity index (χ4v) is 2.34. The molecule has 1 aromatic rings. The van der Waals surface area contributed by atoms with Gasteiger partial charge in [0.2, 0.25) is 5.91 Å². The molecule has 0 bridgehead atoms. The summed E-state index contributed by atoms with van der Waals surface area (Å²) < 4.78 is 6.72. The molecule has 0 fully saturated rings. The predicted molar refractivity (Wildman–Crippen MR) is 71.2 cm³/mol. The summed E-state index contributed by atoms with van der Waals surface area (Å²) in [6.45, 7) is 1.53. The largest absolute Gasteiger partial charge is 0.385 e. The van der Waals surface area contributed by atoms with Crippen molar-refractivity contribution in [2.24, 2.45) is 0 Å². The molecule has 104 valence electrons. The molecule has 0 aliphatic heterocycles. The topological polar surface area (TPSA) is 60.3 Å². The lowest BCUT2D eigenvalue weighted by Gasteiger charge is -2.07. The van der Waals surface area contributed by atoms with E-state index in [-0.39, 0.29) is 18.2 Å². The van der Waals surface area contributed by atoms with Crippen LogP contribution in [0.2, 0.25) is 0 Å². The number of fused-ring (bicyclic) bond motifs is 1. The van der Waals surface area contributed by atoms with Crippen molar-refractivity contribution in [1.29, 1.82) is 0 Å². The Bertz CT molecular complexity index is 465. The maximum absolute atomic E-state index is 11.7. The molecule has 0 saturated carbocycles. The van der Waals surface area contributed by atoms with Gasteiger partial charge in [-0.1, -0.05) is 0 Å². The fourth-order valence-electron chi connectivity index (χ4n) is 2.34. The smallest absolute Gasteiger partial charge is 0.239 e. The predicted octanol–water partition coefficient (Wildman–Crippen LogP) is 1.16. The number of nitrogens with zero attached hydrogens (tertiary/aromatic N) is 1. The van der Waals surface area contributed by atoms with Crippen LogP contribution in [-0.4, -0.2) is 36.5 Å². The van der Waals surface area contributed by atoms with Crippen LogP contribution in [0.15, 0.2) is 12.4 Å². The summed E-state index contributed by atoms with van der Waals surface area (Å²) in [5.41, 5.74) is 1.86. The van der Waals surface area contributed by atoms with Crippen LogP contribution in [-0.2, 0) is 22.5 Å². The average molecular weight is 264 g/mol. The molecule has 1 aliphatic rings. The van der Waals surface area contributed by atoms with E-state index < -0.39 is 0 Å². The summed E-state index contributed by atoms with van der Waals surface area (Å²) in [7, 11) is 1.64. The van der Waals surface area contributed by atoms with Crippen LogP contribution in [0.25, 0.3) is 0 Å². The van der Waals surface area contributed by atoms with E-state index in [1.807, 2.05) is 6.20 Å². The Morgan fingerprint density at radius 1 is 1.42 bits per heavy atom. The minimum atomic E-state index is -0.0316. The lowest BCUT2D eigenvalue weighted by Crippen LogP contribution is -2.28. The standard InChI is InChI=1S/C14H20N2O3/c1-19-7-3-6-15-14(18)10-16-8-11-4-2-5-13(17)12(11)9-16/h8-9H,2-7,10H2,1H3,(H,15,18). The summed E-state index contributed by atoms with van der Waals surface area (Å²) in [5, 5.41) is 2.83. The van der Waals surface area contributed by atoms with Gasteiger partial charge >= 0.3 is 0 Å². The quantitative estimate of drug-likeness (QED) is 0.784. The lowest BCUT2D eigenvalue weighted by atomic mass is 9.95. The number of methoxy groups -OCH3 is 1. The van der Waals surface area contributed by atoms with Gasteiger partial charge in [0.05, 0.1) is 0 Å². The van der Waals surface area contributed by atoms with Gasteiger partial charge in [-0.25, -0.2) is 0 Å². The highest BCUT2D eigenvalue weighted by Gasteiger charge is 2.19. The maximum Gasteiger partial charge on any atom is 0.239 e. The van der Waals surface area contributed by atoms with Crippen LogP contribution in [0, 0.1) is 0 Å². The second-order valence-electron chi connectivity index (χ2n) is 4.84. The third-order valence-electron chi connectivity index (χ3n) is 3.29. The van der Waals surface area contributed by atoms with Crippen molar-refractivity contribution >= 4 is 11.7 Å². The van der Waals surface area contributed by atoms with Gasteiger partial charge in [-0.05, 0) is 24.8 Å². The van der Waals surface area contributed by atoms with E-state index in [2.05, 4.69) is 5.32 Å². The molecule has 1 aromatic heterocycles. The normalized spacial score (nSPS) is 14.3. The molecule has 1 amide bonds. The zero-order chi connectivity index (χ0) is 13.7. The number of carbonyl (C=O) groups is 2. The molecule has 0 aromatic carbocycles. The minimum absolute atomic E-state index is 0.0316. The van der Waals surface area contributed by atoms with Crippen LogP contribution < -0.4 is 5.32 Å². The van der Waals surface area contributed by atoms with Crippen molar-refractivity contribution in [2.45, 2.75) is 32.2 Å². The number of hydrogen-bond acceptors (Lipinski definition) is 3. The molecule has 0 atom stereocenters. The molecule has 2 rings (SSSR count). The third kappa shape index (κ3) is 3.67. The van der Waals surface area contributed by atoms with E-state index in [1.54, 1.807) is 17.9 Å². The summed E-state index contributed by atoms with van der Waals surface area (Å²) in [4.78, 5) is 23.4. The SMILES string of the molecule is COCCCNC(=O)Cn1cc2c(c1)C(=O)CCC2. The Kier molecular flexibility index (Phi) is 4.74. The Balaban J connectivity index is 1.86. The van der Waals surface area contributed by atoms with Crippen molar-refractivity contribution in [3.63, 3.8) is 0 Å². The van der Waals surface area contributed by atoms with Gasteiger partial charge in [-0.15, -0.1) is 0 Å². The van der Waals surface area contributed by atoms with Gasteiger partial charge in [-0.2, -0.15) is 0 Å². The summed E-state index contributed by atoms with van der Waals surface area (Å²) in [5.74, 6) is 0.163. The van der Waals surface area contributed by atoms with Crippen molar-refractivity contribution in [2.75, 3.05) is 20.3 Å². The Hall–Kier alpha value is -1.62. The molecule has 0 saturated heterocycles. The number of ketones is 1. The van der Waals surface area contributed by atoms with E-state index in [4.69, 9.17) is 4.74 Å². The first kappa shape index (κ1) is 13.8. The highest BCUT2D eigenvalue weighted by Crippen LogP contribution is 2.21. The Labute approximate surface area is 112 Å². The molecule has 0 spiro atoms. The van der Waals surface area contributed by atoms with Crippen molar-refractivity contribution < 1.29 is 14.3 Å². The number of rotatable bonds is 6. The molecule has 0 unspecified atom stereocenters. The number of hydrogen-bond donors (Lipinski definition) is 1. The first-order chi connectivity index (χ1) is 9.20. The average Bonchev–Trinajstić information content (AvgIpc) is 2.79.